The summed E-state index contributed by atoms with van der Waals surface area (Å²) < 4.78 is 0. The van der Waals surface area contributed by atoms with Crippen LogP contribution in [0.4, 0.5) is 17.1 Å². The molecule has 4 N–H and O–H groups in total. The van der Waals surface area contributed by atoms with E-state index in [9.17, 15) is 20.0 Å². The quantitative estimate of drug-likeness (QED) is 0.347. The zero-order chi connectivity index (χ0) is 15.6. The Morgan fingerprint density at radius 3 is 2.62 bits per heavy atom. The highest BCUT2D eigenvalue weighted by Crippen LogP contribution is 2.33. The summed E-state index contributed by atoms with van der Waals surface area (Å²) in [7, 11) is 0. The Bertz CT molecular complexity index is 728. The molecule has 21 heavy (non-hydrogen) atoms. The van der Waals surface area contributed by atoms with E-state index in [1.807, 2.05) is 0 Å². The number of nitrogens with one attached hydrogen (secondary N) is 1. The molecule has 7 nitrogen and oxygen atoms in total. The zero-order valence-corrected chi connectivity index (χ0v) is 11.2. The first-order chi connectivity index (χ1) is 9.91. The predicted molar refractivity (Wildman–Crippen MR) is 78.3 cm³/mol. The molecule has 0 saturated carbocycles. The lowest BCUT2D eigenvalue weighted by Gasteiger charge is -2.10. The van der Waals surface area contributed by atoms with E-state index in [2.05, 4.69) is 5.32 Å². The second kappa shape index (κ2) is 5.49. The van der Waals surface area contributed by atoms with E-state index in [0.717, 1.165) is 0 Å². The average molecular weight is 287 g/mol. The topological polar surface area (TPSA) is 118 Å². The van der Waals surface area contributed by atoms with Crippen LogP contribution in [0.1, 0.15) is 15.9 Å². The van der Waals surface area contributed by atoms with E-state index in [0.29, 0.717) is 11.3 Å². The summed E-state index contributed by atoms with van der Waals surface area (Å²) in [5.74, 6) is -0.955. The molecule has 0 spiro atoms. The first-order valence-electron chi connectivity index (χ1n) is 6.04. The number of phenols is 1. The molecule has 0 saturated heterocycles. The summed E-state index contributed by atoms with van der Waals surface area (Å²) >= 11 is 0. The number of nitrogens with two attached hydrogens (primary N) is 1. The molecule has 0 bridgehead atoms. The minimum absolute atomic E-state index is 0.241. The fourth-order valence-corrected chi connectivity index (χ4v) is 1.89. The van der Waals surface area contributed by atoms with E-state index < -0.39 is 10.8 Å². The Hall–Kier alpha value is -3.09. The van der Waals surface area contributed by atoms with Crippen LogP contribution < -0.4 is 11.1 Å². The molecule has 108 valence electrons. The van der Waals surface area contributed by atoms with Crippen molar-refractivity contribution in [1.82, 2.24) is 0 Å². The van der Waals surface area contributed by atoms with Crippen LogP contribution in [0.15, 0.2) is 36.4 Å². The van der Waals surface area contributed by atoms with Crippen LogP contribution >= 0.6 is 0 Å². The van der Waals surface area contributed by atoms with E-state index in [-0.39, 0.29) is 22.7 Å². The zero-order valence-electron chi connectivity index (χ0n) is 11.2. The number of nitrogens with zero attached hydrogens (tertiary/aromatic N) is 1. The number of carbonyl (C=O) groups excluding carboxylic acids is 1. The number of hydrogen-bond donors (Lipinski definition) is 3. The third-order valence-electron chi connectivity index (χ3n) is 3.08. The van der Waals surface area contributed by atoms with Crippen LogP contribution in [0, 0.1) is 17.0 Å². The van der Waals surface area contributed by atoms with Crippen LogP contribution in [-0.2, 0) is 0 Å². The molecule has 2 aromatic rings. The monoisotopic (exact) mass is 287 g/mol. The van der Waals surface area contributed by atoms with E-state index >= 15 is 0 Å². The SMILES string of the molecule is Cc1c(N)cccc1C(=O)Nc1c(O)cccc1[N+](=O)[O-]. The third kappa shape index (κ3) is 2.76. The molecule has 2 rings (SSSR count). The van der Waals surface area contributed by atoms with Gasteiger partial charge in [0.1, 0.15) is 5.75 Å². The lowest BCUT2D eigenvalue weighted by Crippen LogP contribution is -2.15. The summed E-state index contributed by atoms with van der Waals surface area (Å²) in [4.78, 5) is 22.5. The van der Waals surface area contributed by atoms with Gasteiger partial charge in [0, 0.05) is 17.3 Å². The summed E-state index contributed by atoms with van der Waals surface area (Å²) in [5, 5.41) is 23.0. The Balaban J connectivity index is 2.41. The number of rotatable bonds is 3. The number of aromatic hydroxyl groups is 1. The molecule has 0 aliphatic heterocycles. The first-order valence-corrected chi connectivity index (χ1v) is 6.04. The van der Waals surface area contributed by atoms with Gasteiger partial charge in [-0.1, -0.05) is 12.1 Å². The van der Waals surface area contributed by atoms with Crippen LogP contribution in [0.3, 0.4) is 0 Å². The Labute approximate surface area is 120 Å². The molecule has 1 amide bonds. The summed E-state index contributed by atoms with van der Waals surface area (Å²) in [5.41, 5.74) is 6.38. The van der Waals surface area contributed by atoms with Gasteiger partial charge in [0.05, 0.1) is 4.92 Å². The minimum atomic E-state index is -0.679. The van der Waals surface area contributed by atoms with Gasteiger partial charge in [-0.05, 0) is 30.7 Å². The van der Waals surface area contributed by atoms with Crippen molar-refractivity contribution in [3.63, 3.8) is 0 Å². The van der Waals surface area contributed by atoms with E-state index in [1.54, 1.807) is 25.1 Å². The molecule has 0 radical (unpaired) electrons. The molecule has 0 aliphatic carbocycles. The van der Waals surface area contributed by atoms with Crippen molar-refractivity contribution in [2.24, 2.45) is 0 Å². The van der Waals surface area contributed by atoms with E-state index in [4.69, 9.17) is 5.73 Å². The Morgan fingerprint density at radius 1 is 1.29 bits per heavy atom. The van der Waals surface area contributed by atoms with Gasteiger partial charge in [0.2, 0.25) is 0 Å². The van der Waals surface area contributed by atoms with Gasteiger partial charge in [-0.2, -0.15) is 0 Å². The number of phenolic OH excluding ortho intramolecular Hbond substituents is 1. The van der Waals surface area contributed by atoms with Gasteiger partial charge in [0.25, 0.3) is 11.6 Å². The highest BCUT2D eigenvalue weighted by molar-refractivity contribution is 6.07. The average Bonchev–Trinajstić information content (AvgIpc) is 2.43. The molecule has 0 atom stereocenters. The second-order valence-electron chi connectivity index (χ2n) is 4.40. The highest BCUT2D eigenvalue weighted by Gasteiger charge is 2.21. The summed E-state index contributed by atoms with van der Waals surface area (Å²) in [6.45, 7) is 1.67. The minimum Gasteiger partial charge on any atom is -0.505 e. The third-order valence-corrected chi connectivity index (χ3v) is 3.08. The maximum atomic E-state index is 12.2. The van der Waals surface area contributed by atoms with Gasteiger partial charge in [-0.3, -0.25) is 14.9 Å². The van der Waals surface area contributed by atoms with Gasteiger partial charge in [-0.25, -0.2) is 0 Å². The Morgan fingerprint density at radius 2 is 1.95 bits per heavy atom. The molecule has 0 unspecified atom stereocenters. The van der Waals surface area contributed by atoms with Crippen LogP contribution in [0.2, 0.25) is 0 Å². The molecule has 7 heteroatoms. The number of benzene rings is 2. The number of anilines is 2. The summed E-state index contributed by atoms with van der Waals surface area (Å²) in [6, 6.07) is 8.59. The van der Waals surface area contributed by atoms with Crippen molar-refractivity contribution in [3.8, 4) is 5.75 Å². The maximum absolute atomic E-state index is 12.2. The normalized spacial score (nSPS) is 10.1. The highest BCUT2D eigenvalue weighted by atomic mass is 16.6. The molecular weight excluding hydrogens is 274 g/mol. The van der Waals surface area contributed by atoms with Gasteiger partial charge in [0.15, 0.2) is 5.69 Å². The van der Waals surface area contributed by atoms with Crippen molar-refractivity contribution < 1.29 is 14.8 Å². The lowest BCUT2D eigenvalue weighted by molar-refractivity contribution is -0.384. The smallest absolute Gasteiger partial charge is 0.296 e. The molecule has 0 aromatic heterocycles. The standard InChI is InChI=1S/C14H13N3O4/c1-8-9(4-2-5-10(8)15)14(19)16-13-11(17(20)21)6-3-7-12(13)18/h2-7,18H,15H2,1H3,(H,16,19). The van der Waals surface area contributed by atoms with Crippen LogP contribution in [-0.4, -0.2) is 15.9 Å². The number of amides is 1. The number of para-hydroxylation sites is 1. The molecule has 0 fully saturated rings. The summed E-state index contributed by atoms with van der Waals surface area (Å²) in [6.07, 6.45) is 0. The van der Waals surface area contributed by atoms with E-state index in [1.165, 1.54) is 18.2 Å². The molecule has 2 aromatic carbocycles. The van der Waals surface area contributed by atoms with Crippen molar-refractivity contribution in [2.75, 3.05) is 11.1 Å². The van der Waals surface area contributed by atoms with Crippen molar-refractivity contribution in [1.29, 1.82) is 0 Å². The fourth-order valence-electron chi connectivity index (χ4n) is 1.89. The second-order valence-corrected chi connectivity index (χ2v) is 4.40. The van der Waals surface area contributed by atoms with Gasteiger partial charge in [-0.15, -0.1) is 0 Å². The maximum Gasteiger partial charge on any atom is 0.296 e. The Kier molecular flexibility index (Phi) is 3.75. The number of nitrogen functional groups attached to an aromatic ring is 1. The number of carbonyl (C=O) groups is 1. The predicted octanol–water partition coefficient (Wildman–Crippen LogP) is 2.44. The van der Waals surface area contributed by atoms with Crippen molar-refractivity contribution in [3.05, 3.63) is 57.6 Å². The number of nitro groups is 1. The lowest BCUT2D eigenvalue weighted by atomic mass is 10.1. The first kappa shape index (κ1) is 14.3. The van der Waals surface area contributed by atoms with Gasteiger partial charge < -0.3 is 16.2 Å². The number of nitro benzene ring substituents is 1. The largest absolute Gasteiger partial charge is 0.505 e. The van der Waals surface area contributed by atoms with Crippen molar-refractivity contribution >= 4 is 23.0 Å². The fraction of sp³-hybridized carbons (Fsp3) is 0.0714. The van der Waals surface area contributed by atoms with Crippen LogP contribution in [0.5, 0.6) is 5.75 Å². The number of hydrogen-bond acceptors (Lipinski definition) is 5. The molecule has 0 aliphatic rings. The molecule has 0 heterocycles. The van der Waals surface area contributed by atoms with Crippen LogP contribution in [0.25, 0.3) is 0 Å². The molecular formula is C14H13N3O4. The van der Waals surface area contributed by atoms with Gasteiger partial charge >= 0.3 is 0 Å². The van der Waals surface area contributed by atoms with Crippen molar-refractivity contribution in [2.45, 2.75) is 6.92 Å².